The largest absolute Gasteiger partial charge is 0.416 e. The maximum Gasteiger partial charge on any atom is 0.416 e. The molecule has 0 saturated carbocycles. The Balaban J connectivity index is 1.44. The molecule has 7 nitrogen and oxygen atoms in total. The van der Waals surface area contributed by atoms with Crippen LogP contribution in [0.4, 0.5) is 32.2 Å². The van der Waals surface area contributed by atoms with Crippen molar-refractivity contribution < 1.29 is 26.3 Å². The maximum atomic E-state index is 13.6. The van der Waals surface area contributed by atoms with E-state index in [2.05, 4.69) is 25.0 Å². The molecule has 0 spiro atoms. The van der Waals surface area contributed by atoms with Gasteiger partial charge in [-0.05, 0) is 75.2 Å². The third-order valence-electron chi connectivity index (χ3n) is 7.63. The topological polar surface area (TPSA) is 62.5 Å². The van der Waals surface area contributed by atoms with Crippen LogP contribution in [0.1, 0.15) is 36.8 Å². The van der Waals surface area contributed by atoms with Gasteiger partial charge in [0.05, 0.1) is 29.2 Å². The van der Waals surface area contributed by atoms with E-state index in [4.69, 9.17) is 5.10 Å². The molecule has 5 heterocycles. The van der Waals surface area contributed by atoms with Gasteiger partial charge in [0.25, 0.3) is 0 Å². The number of nitrogens with zero attached hydrogens (tertiary/aromatic N) is 7. The van der Waals surface area contributed by atoms with Crippen molar-refractivity contribution >= 4 is 11.5 Å². The van der Waals surface area contributed by atoms with Crippen molar-refractivity contribution in [3.8, 4) is 22.5 Å². The number of rotatable bonds is 4. The summed E-state index contributed by atoms with van der Waals surface area (Å²) in [5, 5.41) is 12.4. The third kappa shape index (κ3) is 5.09. The van der Waals surface area contributed by atoms with Crippen LogP contribution in [0.25, 0.3) is 28.2 Å². The van der Waals surface area contributed by atoms with Gasteiger partial charge in [-0.15, -0.1) is 5.10 Å². The first-order valence-electron chi connectivity index (χ1n) is 13.0. The summed E-state index contributed by atoms with van der Waals surface area (Å²) < 4.78 is 83.3. The third-order valence-corrected chi connectivity index (χ3v) is 7.63. The lowest BCUT2D eigenvalue weighted by atomic mass is 10.00. The molecule has 2 saturated heterocycles. The van der Waals surface area contributed by atoms with Gasteiger partial charge in [-0.1, -0.05) is 0 Å². The Morgan fingerprint density at radius 3 is 2.02 bits per heavy atom. The van der Waals surface area contributed by atoms with Crippen molar-refractivity contribution in [3.05, 3.63) is 59.9 Å². The molecule has 40 heavy (non-hydrogen) atoms. The molecule has 2 aliphatic rings. The zero-order valence-corrected chi connectivity index (χ0v) is 21.3. The van der Waals surface area contributed by atoms with Gasteiger partial charge in [-0.2, -0.15) is 36.5 Å². The maximum absolute atomic E-state index is 13.6. The normalized spacial score (nSPS) is 17.7. The molecule has 2 aliphatic heterocycles. The number of halogens is 6. The van der Waals surface area contributed by atoms with E-state index >= 15 is 0 Å². The molecular weight excluding hydrogens is 536 g/mol. The van der Waals surface area contributed by atoms with Crippen molar-refractivity contribution in [1.29, 1.82) is 0 Å². The summed E-state index contributed by atoms with van der Waals surface area (Å²) >= 11 is 0. The van der Waals surface area contributed by atoms with Crippen LogP contribution in [0, 0.1) is 0 Å². The Morgan fingerprint density at radius 2 is 1.43 bits per heavy atom. The Kier molecular flexibility index (Phi) is 6.64. The summed E-state index contributed by atoms with van der Waals surface area (Å²) in [6, 6.07) is 7.02. The van der Waals surface area contributed by atoms with Crippen LogP contribution in [0.5, 0.6) is 0 Å². The van der Waals surface area contributed by atoms with Crippen LogP contribution in [0.2, 0.25) is 0 Å². The highest BCUT2D eigenvalue weighted by Gasteiger charge is 2.38. The minimum absolute atomic E-state index is 0.0676. The van der Waals surface area contributed by atoms with Gasteiger partial charge >= 0.3 is 12.4 Å². The van der Waals surface area contributed by atoms with Crippen LogP contribution in [-0.4, -0.2) is 61.9 Å². The molecule has 3 aromatic heterocycles. The first kappa shape index (κ1) is 26.5. The number of hydrogen-bond donors (Lipinski definition) is 0. The number of anilines is 1. The molecule has 4 aromatic rings. The highest BCUT2D eigenvalue weighted by atomic mass is 19.4. The van der Waals surface area contributed by atoms with Crippen LogP contribution >= 0.6 is 0 Å². The molecule has 0 N–H and O–H groups in total. The predicted octanol–water partition coefficient (Wildman–Crippen LogP) is 5.96. The molecule has 0 amide bonds. The fourth-order valence-electron chi connectivity index (χ4n) is 5.64. The number of likely N-dealkylation sites (tertiary alicyclic amines) is 1. The standard InChI is InChI=1S/C27H25F6N7/c28-26(29,30)19-13-18(14-20(15-19)27(31,32)33)24-25(17-5-8-34-35-16-17)40-22(36-24)3-4-23(37-40)39-11-6-21(7-12-39)38-9-1-2-10-38/h3-5,8,13-16,21H,1-2,6-7,9-12H2. The van der Waals surface area contributed by atoms with Crippen molar-refractivity contribution in [3.63, 3.8) is 0 Å². The van der Waals surface area contributed by atoms with Gasteiger partial charge in [0.1, 0.15) is 11.5 Å². The number of aromatic nitrogens is 5. The second kappa shape index (κ2) is 10.0. The van der Waals surface area contributed by atoms with Crippen LogP contribution in [-0.2, 0) is 12.4 Å². The van der Waals surface area contributed by atoms with E-state index in [9.17, 15) is 26.3 Å². The quantitative estimate of drug-likeness (QED) is 0.287. The fraction of sp³-hybridized carbons (Fsp3) is 0.407. The monoisotopic (exact) mass is 561 g/mol. The van der Waals surface area contributed by atoms with Gasteiger partial charge < -0.3 is 9.80 Å². The summed E-state index contributed by atoms with van der Waals surface area (Å²) in [6.07, 6.45) is -2.78. The smallest absolute Gasteiger partial charge is 0.355 e. The minimum atomic E-state index is -4.99. The summed E-state index contributed by atoms with van der Waals surface area (Å²) in [6.45, 7) is 3.83. The average Bonchev–Trinajstić information content (AvgIpc) is 3.61. The van der Waals surface area contributed by atoms with E-state index in [0.29, 0.717) is 29.6 Å². The summed E-state index contributed by atoms with van der Waals surface area (Å²) in [7, 11) is 0. The zero-order valence-electron chi connectivity index (χ0n) is 21.3. The molecule has 1 aromatic carbocycles. The van der Waals surface area contributed by atoms with Gasteiger partial charge in [0.2, 0.25) is 0 Å². The predicted molar refractivity (Wildman–Crippen MR) is 135 cm³/mol. The lowest BCUT2D eigenvalue weighted by Crippen LogP contribution is -2.44. The second-order valence-electron chi connectivity index (χ2n) is 10.2. The molecular formula is C27H25F6N7. The van der Waals surface area contributed by atoms with E-state index in [1.807, 2.05) is 0 Å². The lowest BCUT2D eigenvalue weighted by Gasteiger charge is -2.37. The molecule has 0 radical (unpaired) electrons. The number of benzene rings is 1. The van der Waals surface area contributed by atoms with E-state index in [-0.39, 0.29) is 28.7 Å². The van der Waals surface area contributed by atoms with Crippen molar-refractivity contribution in [2.75, 3.05) is 31.1 Å². The van der Waals surface area contributed by atoms with E-state index in [0.717, 1.165) is 39.0 Å². The van der Waals surface area contributed by atoms with E-state index in [1.165, 1.54) is 29.8 Å². The highest BCUT2D eigenvalue weighted by Crippen LogP contribution is 2.41. The molecule has 0 atom stereocenters. The number of alkyl halides is 6. The van der Waals surface area contributed by atoms with E-state index in [1.54, 1.807) is 18.2 Å². The summed E-state index contributed by atoms with van der Waals surface area (Å²) in [5.74, 6) is 0.652. The Hall–Kier alpha value is -3.74. The number of imidazole rings is 1. The SMILES string of the molecule is FC(F)(F)c1cc(-c2nc3ccc(N4CCC(N5CCCC5)CC4)nn3c2-c2ccnnc2)cc(C(F)(F)F)c1. The van der Waals surface area contributed by atoms with Crippen molar-refractivity contribution in [2.45, 2.75) is 44.1 Å². The van der Waals surface area contributed by atoms with Crippen LogP contribution in [0.15, 0.2) is 48.8 Å². The van der Waals surface area contributed by atoms with Gasteiger partial charge in [0.15, 0.2) is 5.65 Å². The molecule has 6 rings (SSSR count). The molecule has 0 unspecified atom stereocenters. The fourth-order valence-corrected chi connectivity index (χ4v) is 5.64. The van der Waals surface area contributed by atoms with Crippen molar-refractivity contribution in [2.24, 2.45) is 0 Å². The van der Waals surface area contributed by atoms with Gasteiger partial charge in [0, 0.05) is 30.3 Å². The van der Waals surface area contributed by atoms with Crippen LogP contribution < -0.4 is 4.90 Å². The molecule has 0 aliphatic carbocycles. The number of hydrogen-bond acceptors (Lipinski definition) is 6. The van der Waals surface area contributed by atoms with Crippen LogP contribution in [0.3, 0.4) is 0 Å². The summed E-state index contributed by atoms with van der Waals surface area (Å²) in [5.41, 5.74) is -2.31. The molecule has 13 heteroatoms. The number of fused-ring (bicyclic) bond motifs is 1. The number of piperidine rings is 1. The Labute approximate surface area is 225 Å². The lowest BCUT2D eigenvalue weighted by molar-refractivity contribution is -0.143. The molecule has 210 valence electrons. The zero-order chi connectivity index (χ0) is 28.1. The highest BCUT2D eigenvalue weighted by molar-refractivity contribution is 5.82. The Morgan fingerprint density at radius 1 is 0.750 bits per heavy atom. The van der Waals surface area contributed by atoms with Gasteiger partial charge in [-0.25, -0.2) is 9.50 Å². The first-order valence-corrected chi connectivity index (χ1v) is 13.0. The second-order valence-corrected chi connectivity index (χ2v) is 10.2. The van der Waals surface area contributed by atoms with Crippen molar-refractivity contribution in [1.82, 2.24) is 29.7 Å². The average molecular weight is 562 g/mol. The molecule has 2 fully saturated rings. The minimum Gasteiger partial charge on any atom is -0.355 e. The van der Waals surface area contributed by atoms with Gasteiger partial charge in [-0.3, -0.25) is 0 Å². The van der Waals surface area contributed by atoms with E-state index < -0.39 is 23.5 Å². The molecule has 0 bridgehead atoms. The Bertz CT molecular complexity index is 1470. The first-order chi connectivity index (χ1) is 19.1. The summed E-state index contributed by atoms with van der Waals surface area (Å²) in [4.78, 5) is 9.13.